The van der Waals surface area contributed by atoms with Crippen LogP contribution in [0.2, 0.25) is 0 Å². The minimum Gasteiger partial charge on any atom is -0.446 e. The van der Waals surface area contributed by atoms with Crippen molar-refractivity contribution in [2.45, 2.75) is 81.7 Å². The minimum absolute atomic E-state index is 0.0366. The van der Waals surface area contributed by atoms with Crippen molar-refractivity contribution in [3.63, 3.8) is 0 Å². The number of rotatable bonds is 16. The molecule has 0 radical (unpaired) electrons. The number of ether oxygens (including phenoxy) is 3. The van der Waals surface area contributed by atoms with Gasteiger partial charge in [-0.05, 0) is 46.0 Å². The molecule has 0 aromatic carbocycles. The summed E-state index contributed by atoms with van der Waals surface area (Å²) in [6.07, 6.45) is 6.37. The van der Waals surface area contributed by atoms with E-state index in [1.165, 1.54) is 32.5 Å². The number of imidazole rings is 1. The number of alkyl carbamates (subject to hydrolysis) is 1. The van der Waals surface area contributed by atoms with Crippen LogP contribution < -0.4 is 16.6 Å². The lowest BCUT2D eigenvalue weighted by Gasteiger charge is -2.25. The molecule has 3 unspecified atom stereocenters. The number of nitrogens with zero attached hydrogens (tertiary/aromatic N) is 3. The van der Waals surface area contributed by atoms with Gasteiger partial charge in [0.15, 0.2) is 11.2 Å². The number of aromatic amines is 1. The van der Waals surface area contributed by atoms with Crippen molar-refractivity contribution in [2.75, 3.05) is 24.8 Å². The van der Waals surface area contributed by atoms with Crippen LogP contribution in [0.1, 0.15) is 58.6 Å². The number of allylic oxidation sites excluding steroid dienone is 2. The van der Waals surface area contributed by atoms with Crippen LogP contribution in [0.5, 0.6) is 0 Å². The van der Waals surface area contributed by atoms with E-state index >= 15 is 0 Å². The maximum absolute atomic E-state index is 12.4. The number of fused-ring (bicyclic) bond motifs is 1. The first-order valence-electron chi connectivity index (χ1n) is 15.0. The zero-order valence-electron chi connectivity index (χ0n) is 26.8. The highest BCUT2D eigenvalue weighted by Gasteiger charge is 2.44. The first-order chi connectivity index (χ1) is 23.3. The lowest BCUT2D eigenvalue weighted by Crippen LogP contribution is -2.38. The van der Waals surface area contributed by atoms with E-state index in [9.17, 15) is 33.1 Å². The van der Waals surface area contributed by atoms with Crippen molar-refractivity contribution in [3.05, 3.63) is 28.8 Å². The molecule has 3 heterocycles. The number of phosphoric acid groups is 3. The van der Waals surface area contributed by atoms with Crippen molar-refractivity contribution in [1.29, 1.82) is 0 Å². The molecule has 4 rings (SSSR count). The van der Waals surface area contributed by atoms with Gasteiger partial charge in [0.05, 0.1) is 19.0 Å². The average molecular weight is 809 g/mol. The Balaban J connectivity index is 1.35. The summed E-state index contributed by atoms with van der Waals surface area (Å²) in [5, 5.41) is 2.81. The number of anilines is 1. The van der Waals surface area contributed by atoms with Crippen LogP contribution in [-0.2, 0) is 41.1 Å². The zero-order chi connectivity index (χ0) is 36.7. The smallest absolute Gasteiger partial charge is 0.446 e. The molecule has 2 aromatic rings. The van der Waals surface area contributed by atoms with Crippen molar-refractivity contribution < 1.29 is 65.4 Å². The number of nitrogens with two attached hydrogens (primary N) is 1. The molecule has 6 atom stereocenters. The van der Waals surface area contributed by atoms with Crippen molar-refractivity contribution in [2.24, 2.45) is 0 Å². The third-order valence-corrected chi connectivity index (χ3v) is 13.8. The number of phosphoric ester groups is 1. The number of hydrogen-bond donors (Lipinski definition) is 7. The predicted octanol–water partition coefficient (Wildman–Crippen LogP) is 3.45. The number of nitrogens with one attached hydrogen (secondary N) is 2. The Morgan fingerprint density at radius 1 is 1.16 bits per heavy atom. The Morgan fingerprint density at radius 3 is 2.64 bits per heavy atom. The van der Waals surface area contributed by atoms with Gasteiger partial charge in [0.2, 0.25) is 5.95 Å². The molecule has 1 aliphatic heterocycles. The summed E-state index contributed by atoms with van der Waals surface area (Å²) < 4.78 is 65.9. The van der Waals surface area contributed by atoms with E-state index in [4.69, 9.17) is 34.3 Å². The highest BCUT2D eigenvalue weighted by molar-refractivity contribution is 8.77. The van der Waals surface area contributed by atoms with Crippen LogP contribution in [0.4, 0.5) is 10.7 Å². The van der Waals surface area contributed by atoms with Gasteiger partial charge in [-0.15, -0.1) is 0 Å². The summed E-state index contributed by atoms with van der Waals surface area (Å²) in [7, 11) is -14.1. The fraction of sp³-hybridized carbons (Fsp3) is 0.667. The molecule has 21 nitrogen and oxygen atoms in total. The van der Waals surface area contributed by atoms with Crippen LogP contribution in [-0.4, -0.2) is 87.3 Å². The van der Waals surface area contributed by atoms with Gasteiger partial charge in [0.25, 0.3) is 5.56 Å². The van der Waals surface area contributed by atoms with Crippen LogP contribution in [0.15, 0.2) is 23.3 Å². The maximum Gasteiger partial charge on any atom is 0.490 e. The molecule has 0 bridgehead atoms. The molecular formula is C24H39N6O15P3S2. The van der Waals surface area contributed by atoms with Crippen molar-refractivity contribution >= 4 is 68.3 Å². The number of nitrogen functional groups attached to an aromatic ring is 1. The fourth-order valence-electron chi connectivity index (χ4n) is 4.87. The van der Waals surface area contributed by atoms with Crippen LogP contribution in [0.3, 0.4) is 0 Å². The molecule has 2 aromatic heterocycles. The van der Waals surface area contributed by atoms with E-state index in [1.807, 2.05) is 13.8 Å². The number of hydrogen-bond acceptors (Lipinski definition) is 16. The van der Waals surface area contributed by atoms with Gasteiger partial charge >= 0.3 is 29.6 Å². The monoisotopic (exact) mass is 808 g/mol. The van der Waals surface area contributed by atoms with E-state index in [0.29, 0.717) is 0 Å². The highest BCUT2D eigenvalue weighted by Crippen LogP contribution is 2.66. The van der Waals surface area contributed by atoms with Crippen LogP contribution >= 0.6 is 45.1 Å². The second-order valence-electron chi connectivity index (χ2n) is 11.7. The first kappa shape index (κ1) is 41.0. The lowest BCUT2D eigenvalue weighted by molar-refractivity contribution is -0.0522. The summed E-state index contributed by atoms with van der Waals surface area (Å²) in [5.41, 5.74) is 5.13. The third kappa shape index (κ3) is 13.0. The van der Waals surface area contributed by atoms with E-state index in [0.717, 1.165) is 32.1 Å². The van der Waals surface area contributed by atoms with Crippen LogP contribution in [0.25, 0.3) is 11.2 Å². The molecule has 50 heavy (non-hydrogen) atoms. The Hall–Kier alpha value is -1.81. The molecule has 26 heteroatoms. The number of H-pyrrole nitrogens is 1. The number of amides is 1. The summed E-state index contributed by atoms with van der Waals surface area (Å²) in [6.45, 7) is 3.34. The Morgan fingerprint density at radius 2 is 1.90 bits per heavy atom. The summed E-state index contributed by atoms with van der Waals surface area (Å²) in [6, 6.07) is 0. The molecule has 1 aliphatic carbocycles. The fourth-order valence-corrected chi connectivity index (χ4v) is 10.1. The normalized spacial score (nSPS) is 24.9. The molecule has 1 amide bonds. The zero-order valence-corrected chi connectivity index (χ0v) is 31.1. The number of carbonyl (C=O) groups is 1. The van der Waals surface area contributed by atoms with Gasteiger partial charge in [0.1, 0.15) is 24.4 Å². The van der Waals surface area contributed by atoms with Gasteiger partial charge in [-0.2, -0.15) is 13.6 Å². The van der Waals surface area contributed by atoms with E-state index in [1.54, 1.807) is 0 Å². The minimum atomic E-state index is -5.74. The average Bonchev–Trinajstić information content (AvgIpc) is 3.57. The Labute approximate surface area is 293 Å². The molecule has 0 saturated carbocycles. The summed E-state index contributed by atoms with van der Waals surface area (Å²) >= 11 is 0. The van der Waals surface area contributed by atoms with E-state index in [2.05, 4.69) is 41.0 Å². The van der Waals surface area contributed by atoms with Crippen molar-refractivity contribution in [1.82, 2.24) is 24.8 Å². The molecule has 0 spiro atoms. The summed E-state index contributed by atoms with van der Waals surface area (Å²) in [5.74, 6) is -0.133. The Bertz CT molecular complexity index is 1720. The SMILES string of the molecule is CC(C)(CNC(=O)OC1CC/C=C/CCC1)SSCO[C@@H]1C[C@H](n2cnc3c(=O)[nH]c(N)nc32)O[C@@H]1COP(=O)(O)OP(=O)(O)OP(=O)(O)O. The Kier molecular flexibility index (Phi) is 14.2. The molecule has 1 fully saturated rings. The predicted molar refractivity (Wildman–Crippen MR) is 180 cm³/mol. The van der Waals surface area contributed by atoms with E-state index in [-0.39, 0.29) is 42.1 Å². The molecule has 282 valence electrons. The quantitative estimate of drug-likeness (QED) is 0.0420. The van der Waals surface area contributed by atoms with Gasteiger partial charge in [-0.3, -0.25) is 18.9 Å². The largest absolute Gasteiger partial charge is 0.490 e. The van der Waals surface area contributed by atoms with Gasteiger partial charge < -0.3 is 44.8 Å². The van der Waals surface area contributed by atoms with Gasteiger partial charge in [-0.25, -0.2) is 23.5 Å². The second-order valence-corrected chi connectivity index (χ2v) is 19.0. The lowest BCUT2D eigenvalue weighted by atomic mass is 10.0. The van der Waals surface area contributed by atoms with Crippen molar-refractivity contribution in [3.8, 4) is 0 Å². The number of aromatic nitrogens is 4. The topological polar surface area (TPSA) is 306 Å². The molecule has 1 saturated heterocycles. The third-order valence-electron chi connectivity index (χ3n) is 7.03. The molecular weight excluding hydrogens is 769 g/mol. The number of carbonyl (C=O) groups excluding carboxylic acids is 1. The maximum atomic E-state index is 12.4. The van der Waals surface area contributed by atoms with E-state index < -0.39 is 64.9 Å². The van der Waals surface area contributed by atoms with Gasteiger partial charge in [0, 0.05) is 17.7 Å². The second kappa shape index (κ2) is 17.3. The molecule has 8 N–H and O–H groups in total. The van der Waals surface area contributed by atoms with Gasteiger partial charge in [-0.1, -0.05) is 33.7 Å². The standard InChI is InChI=1S/C24H39N6O15P3S2/c1-24(2,12-26-23(32)42-15-8-6-4-3-5-7-9-15)50-49-14-40-16-10-18(30-13-27-19-20(30)28-22(25)29-21(19)31)43-17(16)11-41-47(36,37)45-48(38,39)44-46(33,34)35/h3-4,13,15-18H,5-12,14H2,1-2H3,(H,26,32)(H,36,37)(H,38,39)(H2,33,34,35)(H3,25,28,29,31)/b4-3+/t15?,16-,17-,18-/m1/s1. The first-order valence-corrected chi connectivity index (χ1v) is 21.8. The summed E-state index contributed by atoms with van der Waals surface area (Å²) in [4.78, 5) is 72.1. The highest BCUT2D eigenvalue weighted by atomic mass is 33.1. The van der Waals surface area contributed by atoms with Crippen LogP contribution in [0, 0.1) is 0 Å². The molecule has 2 aliphatic rings.